The van der Waals surface area contributed by atoms with Gasteiger partial charge < -0.3 is 11.1 Å². The van der Waals surface area contributed by atoms with Crippen molar-refractivity contribution in [3.05, 3.63) is 48.8 Å². The molecule has 4 nitrogen and oxygen atoms in total. The first-order chi connectivity index (χ1) is 9.58. The molecule has 1 aromatic heterocycles. The van der Waals surface area contributed by atoms with E-state index in [9.17, 15) is 4.79 Å². The quantitative estimate of drug-likeness (QED) is 0.852. The van der Waals surface area contributed by atoms with E-state index in [0.29, 0.717) is 10.0 Å². The molecule has 1 aliphatic heterocycles. The predicted octanol–water partition coefficient (Wildman–Crippen LogP) is 2.89. The number of rotatable bonds is 2. The zero-order valence-electron chi connectivity index (χ0n) is 10.3. The second kappa shape index (κ2) is 5.44. The maximum absolute atomic E-state index is 11.3. The lowest BCUT2D eigenvalue weighted by Crippen LogP contribution is -2.29. The monoisotopic (exact) mass is 371 g/mol. The standard InChI is InChI=1S/C13H11BrClN3OS/c14-7-3-1-2-6(9(7)15)10-11-8(4-5-17-10)18-13(20-11)12(16)19/h1-3,10,17H,4-5H2,(H2,16,19). The third-order valence-corrected chi connectivity index (χ3v) is 5.69. The topological polar surface area (TPSA) is 68.0 Å². The van der Waals surface area contributed by atoms with Crippen LogP contribution in [0.3, 0.4) is 0 Å². The molecule has 3 N–H and O–H groups in total. The van der Waals surface area contributed by atoms with E-state index in [2.05, 4.69) is 26.2 Å². The van der Waals surface area contributed by atoms with Crippen LogP contribution in [0.1, 0.15) is 32.0 Å². The Morgan fingerprint density at radius 1 is 1.55 bits per heavy atom. The number of nitrogens with one attached hydrogen (secondary N) is 1. The van der Waals surface area contributed by atoms with E-state index in [1.54, 1.807) is 0 Å². The Labute approximate surface area is 133 Å². The summed E-state index contributed by atoms with van der Waals surface area (Å²) >= 11 is 11.1. The van der Waals surface area contributed by atoms with Gasteiger partial charge in [-0.3, -0.25) is 4.79 Å². The molecule has 0 bridgehead atoms. The van der Waals surface area contributed by atoms with E-state index in [1.807, 2.05) is 18.2 Å². The van der Waals surface area contributed by atoms with Crippen molar-refractivity contribution in [1.29, 1.82) is 0 Å². The molecule has 1 unspecified atom stereocenters. The summed E-state index contributed by atoms with van der Waals surface area (Å²) in [6.07, 6.45) is 0.793. The minimum Gasteiger partial charge on any atom is -0.364 e. The van der Waals surface area contributed by atoms with Crippen LogP contribution in [0.5, 0.6) is 0 Å². The number of thiazole rings is 1. The van der Waals surface area contributed by atoms with Crippen LogP contribution >= 0.6 is 38.9 Å². The number of benzene rings is 1. The Hall–Kier alpha value is -0.950. The Bertz CT molecular complexity index is 688. The van der Waals surface area contributed by atoms with Gasteiger partial charge in [-0.15, -0.1) is 11.3 Å². The molecule has 0 aliphatic carbocycles. The lowest BCUT2D eigenvalue weighted by Gasteiger charge is -2.24. The third kappa shape index (κ3) is 2.37. The number of carbonyl (C=O) groups excluding carboxylic acids is 1. The summed E-state index contributed by atoms with van der Waals surface area (Å²) in [6, 6.07) is 5.77. The molecular weight excluding hydrogens is 362 g/mol. The van der Waals surface area contributed by atoms with Crippen LogP contribution in [0.4, 0.5) is 0 Å². The van der Waals surface area contributed by atoms with Gasteiger partial charge in [-0.2, -0.15) is 0 Å². The van der Waals surface area contributed by atoms with Gasteiger partial charge >= 0.3 is 0 Å². The number of halogens is 2. The van der Waals surface area contributed by atoms with Crippen LogP contribution < -0.4 is 11.1 Å². The van der Waals surface area contributed by atoms with Crippen molar-refractivity contribution in [2.75, 3.05) is 6.54 Å². The number of primary amides is 1. The predicted molar refractivity (Wildman–Crippen MR) is 83.3 cm³/mol. The van der Waals surface area contributed by atoms with Crippen LogP contribution in [0.2, 0.25) is 5.02 Å². The molecule has 0 radical (unpaired) electrons. The van der Waals surface area contributed by atoms with Crippen molar-refractivity contribution < 1.29 is 4.79 Å². The molecule has 1 aliphatic rings. The number of hydrogen-bond donors (Lipinski definition) is 2. The number of carbonyl (C=O) groups is 1. The Kier molecular flexibility index (Phi) is 3.81. The minimum atomic E-state index is -0.483. The van der Waals surface area contributed by atoms with E-state index in [1.165, 1.54) is 11.3 Å². The van der Waals surface area contributed by atoms with Gasteiger partial charge in [0.2, 0.25) is 0 Å². The van der Waals surface area contributed by atoms with Gasteiger partial charge in [0.05, 0.1) is 21.6 Å². The lowest BCUT2D eigenvalue weighted by molar-refractivity contribution is 0.0999. The number of fused-ring (bicyclic) bond motifs is 1. The van der Waals surface area contributed by atoms with Crippen LogP contribution in [-0.2, 0) is 6.42 Å². The first kappa shape index (κ1) is 14.0. The normalized spacial score (nSPS) is 17.8. The highest BCUT2D eigenvalue weighted by Gasteiger charge is 2.28. The van der Waals surface area contributed by atoms with E-state index in [0.717, 1.165) is 33.6 Å². The summed E-state index contributed by atoms with van der Waals surface area (Å²) in [5.41, 5.74) is 7.23. The van der Waals surface area contributed by atoms with Gasteiger partial charge in [0.15, 0.2) is 5.01 Å². The maximum Gasteiger partial charge on any atom is 0.277 e. The molecule has 1 amide bonds. The molecule has 0 saturated carbocycles. The Morgan fingerprint density at radius 3 is 3.10 bits per heavy atom. The van der Waals surface area contributed by atoms with E-state index >= 15 is 0 Å². The second-order valence-electron chi connectivity index (χ2n) is 4.47. The van der Waals surface area contributed by atoms with Crippen LogP contribution in [-0.4, -0.2) is 17.4 Å². The van der Waals surface area contributed by atoms with E-state index < -0.39 is 5.91 Å². The van der Waals surface area contributed by atoms with Gasteiger partial charge in [0, 0.05) is 17.4 Å². The fourth-order valence-corrected chi connectivity index (χ4v) is 3.97. The fourth-order valence-electron chi connectivity index (χ4n) is 2.30. The summed E-state index contributed by atoms with van der Waals surface area (Å²) in [4.78, 5) is 16.6. The van der Waals surface area contributed by atoms with Crippen molar-refractivity contribution in [2.45, 2.75) is 12.5 Å². The molecule has 1 atom stereocenters. The molecule has 104 valence electrons. The van der Waals surface area contributed by atoms with Gasteiger partial charge in [0.1, 0.15) is 0 Å². The molecule has 1 aromatic carbocycles. The van der Waals surface area contributed by atoms with Crippen LogP contribution in [0, 0.1) is 0 Å². The zero-order valence-corrected chi connectivity index (χ0v) is 13.5. The lowest BCUT2D eigenvalue weighted by atomic mass is 10.00. The van der Waals surface area contributed by atoms with Gasteiger partial charge in [-0.1, -0.05) is 23.7 Å². The number of nitrogens with two attached hydrogens (primary N) is 1. The highest BCUT2D eigenvalue weighted by molar-refractivity contribution is 9.10. The minimum absolute atomic E-state index is 0.0469. The smallest absolute Gasteiger partial charge is 0.277 e. The summed E-state index contributed by atoms with van der Waals surface area (Å²) in [5, 5.41) is 4.45. The maximum atomic E-state index is 11.3. The first-order valence-corrected chi connectivity index (χ1v) is 8.03. The molecule has 2 aromatic rings. The summed E-state index contributed by atoms with van der Waals surface area (Å²) in [5.74, 6) is -0.483. The van der Waals surface area contributed by atoms with Gasteiger partial charge in [-0.05, 0) is 27.6 Å². The van der Waals surface area contributed by atoms with Crippen LogP contribution in [0.25, 0.3) is 0 Å². The molecule has 0 spiro atoms. The zero-order chi connectivity index (χ0) is 14.3. The van der Waals surface area contributed by atoms with Crippen molar-refractivity contribution in [3.8, 4) is 0 Å². The number of amides is 1. The van der Waals surface area contributed by atoms with Crippen molar-refractivity contribution in [3.63, 3.8) is 0 Å². The SMILES string of the molecule is NC(=O)c1nc2c(s1)C(c1cccc(Br)c1Cl)NCC2. The highest BCUT2D eigenvalue weighted by atomic mass is 79.9. The number of aromatic nitrogens is 1. The van der Waals surface area contributed by atoms with Crippen molar-refractivity contribution in [1.82, 2.24) is 10.3 Å². The number of nitrogens with zero attached hydrogens (tertiary/aromatic N) is 1. The van der Waals surface area contributed by atoms with Gasteiger partial charge in [0.25, 0.3) is 5.91 Å². The molecule has 3 rings (SSSR count). The van der Waals surface area contributed by atoms with Crippen LogP contribution in [0.15, 0.2) is 22.7 Å². The number of hydrogen-bond acceptors (Lipinski definition) is 4. The molecule has 7 heteroatoms. The Balaban J connectivity index is 2.09. The summed E-state index contributed by atoms with van der Waals surface area (Å²) in [6.45, 7) is 0.794. The fraction of sp³-hybridized carbons (Fsp3) is 0.231. The molecule has 0 saturated heterocycles. The van der Waals surface area contributed by atoms with Gasteiger partial charge in [-0.25, -0.2) is 4.98 Å². The molecule has 2 heterocycles. The van der Waals surface area contributed by atoms with Crippen molar-refractivity contribution in [2.24, 2.45) is 5.73 Å². The van der Waals surface area contributed by atoms with E-state index in [4.69, 9.17) is 17.3 Å². The molecule has 0 fully saturated rings. The summed E-state index contributed by atoms with van der Waals surface area (Å²) < 4.78 is 0.852. The average molecular weight is 373 g/mol. The molecular formula is C13H11BrClN3OS. The highest BCUT2D eigenvalue weighted by Crippen LogP contribution is 2.38. The van der Waals surface area contributed by atoms with Crippen molar-refractivity contribution >= 4 is 44.8 Å². The largest absolute Gasteiger partial charge is 0.364 e. The molecule has 20 heavy (non-hydrogen) atoms. The first-order valence-electron chi connectivity index (χ1n) is 6.04. The third-order valence-electron chi connectivity index (χ3n) is 3.20. The Morgan fingerprint density at radius 2 is 2.35 bits per heavy atom. The average Bonchev–Trinajstić information content (AvgIpc) is 2.86. The van der Waals surface area contributed by atoms with E-state index in [-0.39, 0.29) is 6.04 Å². The summed E-state index contributed by atoms with van der Waals surface area (Å²) in [7, 11) is 0. The second-order valence-corrected chi connectivity index (χ2v) is 6.74.